The average molecular weight is 745 g/mol. The van der Waals surface area contributed by atoms with Crippen LogP contribution in [0.25, 0.3) is 0 Å². The lowest BCUT2D eigenvalue weighted by atomic mass is 10.0. The molecule has 2 fully saturated rings. The van der Waals surface area contributed by atoms with Gasteiger partial charge in [-0.1, -0.05) is 29.3 Å². The molecule has 264 valence electrons. The van der Waals surface area contributed by atoms with Crippen LogP contribution in [-0.2, 0) is 26.0 Å². The first-order valence-corrected chi connectivity index (χ1v) is 17.9. The summed E-state index contributed by atoms with van der Waals surface area (Å²) in [5, 5.41) is 14.3. The molecule has 2 aliphatic rings. The van der Waals surface area contributed by atoms with Gasteiger partial charge in [-0.2, -0.15) is 13.5 Å². The normalized spacial score (nSPS) is 15.0. The highest BCUT2D eigenvalue weighted by atomic mass is 35.5. The number of ether oxygens (including phenoxy) is 4. The van der Waals surface area contributed by atoms with Gasteiger partial charge in [-0.25, -0.2) is 8.42 Å². The summed E-state index contributed by atoms with van der Waals surface area (Å²) in [5.74, 6) is -0.963. The van der Waals surface area contributed by atoms with Crippen LogP contribution in [0.15, 0.2) is 48.8 Å². The quantitative estimate of drug-likeness (QED) is 0.105. The number of aromatic nitrogens is 1. The number of halogens is 4. The van der Waals surface area contributed by atoms with Gasteiger partial charge in [-0.15, -0.1) is 0 Å². The van der Waals surface area contributed by atoms with E-state index in [0.717, 1.165) is 44.3 Å². The molecule has 2 aromatic carbocycles. The first-order valence-electron chi connectivity index (χ1n) is 15.2. The number of sulfonamides is 1. The third kappa shape index (κ3) is 11.0. The molecule has 2 saturated carbocycles. The second kappa shape index (κ2) is 15.6. The molecule has 1 aromatic heterocycles. The zero-order valence-corrected chi connectivity index (χ0v) is 28.5. The molecular formula is C32H33Cl2F2N3O9S. The molecule has 0 spiro atoms. The molecule has 1 heterocycles. The summed E-state index contributed by atoms with van der Waals surface area (Å²) in [6.45, 7) is -3.08. The van der Waals surface area contributed by atoms with Crippen molar-refractivity contribution in [3.05, 3.63) is 80.7 Å². The molecule has 49 heavy (non-hydrogen) atoms. The van der Waals surface area contributed by atoms with Gasteiger partial charge in [0, 0.05) is 17.5 Å². The van der Waals surface area contributed by atoms with Crippen LogP contribution >= 0.6 is 23.2 Å². The zero-order chi connectivity index (χ0) is 35.3. The largest absolute Gasteiger partial charge is 0.619 e. The first kappa shape index (κ1) is 36.2. The number of rotatable bonds is 17. The van der Waals surface area contributed by atoms with E-state index in [1.807, 2.05) is 0 Å². The van der Waals surface area contributed by atoms with Crippen LogP contribution in [-0.4, -0.2) is 52.9 Å². The molecule has 0 saturated heterocycles. The molecule has 3 aromatic rings. The van der Waals surface area contributed by atoms with Gasteiger partial charge in [0.05, 0.1) is 25.2 Å². The topological polar surface area (TPSA) is 156 Å². The van der Waals surface area contributed by atoms with E-state index < -0.39 is 41.2 Å². The minimum absolute atomic E-state index is 0.00627. The van der Waals surface area contributed by atoms with Gasteiger partial charge in [0.1, 0.15) is 28.4 Å². The minimum atomic E-state index is -3.63. The summed E-state index contributed by atoms with van der Waals surface area (Å²) in [7, 11) is -3.63. The summed E-state index contributed by atoms with van der Waals surface area (Å²) in [4.78, 5) is 26.2. The highest BCUT2D eigenvalue weighted by Crippen LogP contribution is 2.38. The Hall–Kier alpha value is -4.08. The predicted octanol–water partition coefficient (Wildman–Crippen LogP) is 5.43. The lowest BCUT2D eigenvalue weighted by Gasteiger charge is -2.21. The third-order valence-corrected chi connectivity index (χ3v) is 8.79. The van der Waals surface area contributed by atoms with Crippen LogP contribution in [0.5, 0.6) is 17.2 Å². The number of carbonyl (C=O) groups is 2. The zero-order valence-electron chi connectivity index (χ0n) is 26.1. The molecule has 1 amide bonds. The van der Waals surface area contributed by atoms with Crippen molar-refractivity contribution in [1.29, 1.82) is 0 Å². The van der Waals surface area contributed by atoms with E-state index >= 15 is 0 Å². The lowest BCUT2D eigenvalue weighted by molar-refractivity contribution is -0.605. The fraction of sp³-hybridized carbons (Fsp3) is 0.406. The monoisotopic (exact) mass is 743 g/mol. The summed E-state index contributed by atoms with van der Waals surface area (Å²) >= 11 is 12.6. The van der Waals surface area contributed by atoms with Crippen LogP contribution in [0, 0.1) is 17.0 Å². The molecule has 1 unspecified atom stereocenters. The molecule has 2 N–H and O–H groups in total. The molecule has 2 aliphatic carbocycles. The number of nitrogens with one attached hydrogen (secondary N) is 2. The number of pyridine rings is 1. The number of amides is 1. The van der Waals surface area contributed by atoms with Crippen molar-refractivity contribution in [2.45, 2.75) is 44.8 Å². The van der Waals surface area contributed by atoms with Crippen molar-refractivity contribution >= 4 is 50.8 Å². The van der Waals surface area contributed by atoms with E-state index in [-0.39, 0.29) is 63.1 Å². The van der Waals surface area contributed by atoms with E-state index in [0.29, 0.717) is 22.8 Å². The Morgan fingerprint density at radius 1 is 0.959 bits per heavy atom. The molecule has 0 radical (unpaired) electrons. The smallest absolute Gasteiger partial charge is 0.387 e. The second-order valence-electron chi connectivity index (χ2n) is 11.8. The van der Waals surface area contributed by atoms with Gasteiger partial charge in [0.25, 0.3) is 5.91 Å². The van der Waals surface area contributed by atoms with E-state index in [9.17, 15) is 32.0 Å². The predicted molar refractivity (Wildman–Crippen MR) is 175 cm³/mol. The molecule has 12 nitrogen and oxygen atoms in total. The first-order chi connectivity index (χ1) is 23.2. The van der Waals surface area contributed by atoms with E-state index in [1.165, 1.54) is 36.4 Å². The van der Waals surface area contributed by atoms with Crippen molar-refractivity contribution in [3.8, 4) is 17.2 Å². The number of alkyl halides is 2. The number of hydrogen-bond donors (Lipinski definition) is 2. The summed E-state index contributed by atoms with van der Waals surface area (Å²) in [5.41, 5.74) is 0.833. The molecule has 1 atom stereocenters. The summed E-state index contributed by atoms with van der Waals surface area (Å²) in [6.07, 6.45) is 5.74. The van der Waals surface area contributed by atoms with Crippen molar-refractivity contribution < 1.29 is 50.5 Å². The summed E-state index contributed by atoms with van der Waals surface area (Å²) in [6, 6.07) is 8.20. The lowest BCUT2D eigenvalue weighted by Crippen LogP contribution is -2.32. The molecule has 0 aliphatic heterocycles. The fourth-order valence-corrected chi connectivity index (χ4v) is 5.84. The number of hydrogen-bond acceptors (Lipinski definition) is 9. The van der Waals surface area contributed by atoms with Crippen LogP contribution in [0.1, 0.15) is 53.3 Å². The Kier molecular flexibility index (Phi) is 11.6. The van der Waals surface area contributed by atoms with Crippen LogP contribution in [0.2, 0.25) is 10.0 Å². The number of anilines is 1. The second-order valence-corrected chi connectivity index (χ2v) is 14.4. The van der Waals surface area contributed by atoms with Crippen molar-refractivity contribution in [2.75, 3.05) is 30.7 Å². The SMILES string of the molecule is CS(=O)(=O)Nc1ccc(C(=O)NCC(=O)OC(Cc2c(Cl)c[n+]([O-])cc2Cl)c2ccc(OC(F)F)c(OCC3CC3)c2)cc1OCC1CC1. The maximum absolute atomic E-state index is 13.1. The Labute approximate surface area is 291 Å². The Morgan fingerprint density at radius 3 is 2.18 bits per heavy atom. The summed E-state index contributed by atoms with van der Waals surface area (Å²) < 4.78 is 74.6. The van der Waals surface area contributed by atoms with Crippen LogP contribution in [0.4, 0.5) is 14.5 Å². The van der Waals surface area contributed by atoms with Gasteiger partial charge in [-0.3, -0.25) is 14.3 Å². The number of benzene rings is 2. The molecule has 5 rings (SSSR count). The van der Waals surface area contributed by atoms with Gasteiger partial charge in [-0.05, 0) is 73.4 Å². The van der Waals surface area contributed by atoms with Gasteiger partial charge in [0.2, 0.25) is 10.0 Å². The Bertz CT molecular complexity index is 1790. The van der Waals surface area contributed by atoms with Crippen molar-refractivity contribution in [3.63, 3.8) is 0 Å². The number of esters is 1. The van der Waals surface area contributed by atoms with Crippen molar-refractivity contribution in [2.24, 2.45) is 11.8 Å². The molecule has 17 heteroatoms. The van der Waals surface area contributed by atoms with Gasteiger partial charge < -0.3 is 29.5 Å². The Morgan fingerprint density at radius 2 is 1.59 bits per heavy atom. The Balaban J connectivity index is 1.33. The van der Waals surface area contributed by atoms with E-state index in [4.69, 9.17) is 37.4 Å². The maximum atomic E-state index is 13.1. The molecular weight excluding hydrogens is 711 g/mol. The minimum Gasteiger partial charge on any atom is -0.619 e. The fourth-order valence-electron chi connectivity index (χ4n) is 4.68. The standard InChI is InChI=1S/C32H33Cl2F2N3O9S/c1-49(43,44)38-25-8-6-21(11-28(25)45-16-18-2-3-18)31(41)37-13-30(40)47-27(12-22-23(33)14-39(42)15-24(22)34)20-7-9-26(48-32(35)36)29(10-20)46-17-19-4-5-19/h6-11,14-15,18-19,27,32,38H,2-5,12-13,16-17H2,1H3,(H,37,41). The van der Waals surface area contributed by atoms with E-state index in [2.05, 4.69) is 14.8 Å². The van der Waals surface area contributed by atoms with Gasteiger partial charge >= 0.3 is 12.6 Å². The number of carbonyl (C=O) groups excluding carboxylic acids is 2. The maximum Gasteiger partial charge on any atom is 0.387 e. The molecule has 0 bridgehead atoms. The highest BCUT2D eigenvalue weighted by molar-refractivity contribution is 7.92. The average Bonchev–Trinajstić information content (AvgIpc) is 3.95. The van der Waals surface area contributed by atoms with Crippen LogP contribution < -0.4 is 29.0 Å². The number of nitrogens with zero attached hydrogens (tertiary/aromatic N) is 1. The van der Waals surface area contributed by atoms with Crippen LogP contribution in [0.3, 0.4) is 0 Å². The third-order valence-electron chi connectivity index (χ3n) is 7.55. The van der Waals surface area contributed by atoms with Gasteiger partial charge in [0.15, 0.2) is 23.9 Å². The highest BCUT2D eigenvalue weighted by Gasteiger charge is 2.27. The van der Waals surface area contributed by atoms with E-state index in [1.54, 1.807) is 0 Å². The van der Waals surface area contributed by atoms with Crippen molar-refractivity contribution in [1.82, 2.24) is 5.32 Å².